The van der Waals surface area contributed by atoms with E-state index >= 15 is 0 Å². The second-order valence-corrected chi connectivity index (χ2v) is 6.96. The van der Waals surface area contributed by atoms with Gasteiger partial charge in [-0.25, -0.2) is 0 Å². The number of hydrogen-bond donors (Lipinski definition) is 2. The second kappa shape index (κ2) is 10.3. The fourth-order valence-corrected chi connectivity index (χ4v) is 3.19. The molecule has 0 bridgehead atoms. The molecule has 0 unspecified atom stereocenters. The molecule has 2 aromatic carbocycles. The predicted molar refractivity (Wildman–Crippen MR) is 115 cm³/mol. The lowest BCUT2D eigenvalue weighted by atomic mass is 10.1. The van der Waals surface area contributed by atoms with Crippen molar-refractivity contribution >= 4 is 23.2 Å². The van der Waals surface area contributed by atoms with Crippen LogP contribution >= 0.6 is 0 Å². The molecule has 2 amide bonds. The Morgan fingerprint density at radius 2 is 1.62 bits per heavy atom. The molecule has 1 saturated heterocycles. The highest BCUT2D eigenvalue weighted by atomic mass is 16.5. The Bertz CT molecular complexity index is 825. The first-order valence-electron chi connectivity index (χ1n) is 9.92. The summed E-state index contributed by atoms with van der Waals surface area (Å²) in [5, 5.41) is 5.91. The summed E-state index contributed by atoms with van der Waals surface area (Å²) in [6, 6.07) is 14.4. The number of rotatable bonds is 8. The van der Waals surface area contributed by atoms with E-state index in [0.717, 1.165) is 37.4 Å². The number of piperidine rings is 1. The molecule has 3 rings (SSSR count). The number of ether oxygens (including phenoxy) is 1. The lowest BCUT2D eigenvalue weighted by molar-refractivity contribution is -0.114. The van der Waals surface area contributed by atoms with Gasteiger partial charge in [-0.2, -0.15) is 0 Å². The molecule has 1 aliphatic rings. The minimum absolute atomic E-state index is 0.0600. The minimum atomic E-state index is -0.160. The third-order valence-electron chi connectivity index (χ3n) is 4.73. The van der Waals surface area contributed by atoms with Crippen molar-refractivity contribution in [2.45, 2.75) is 19.3 Å². The smallest absolute Gasteiger partial charge is 0.253 e. The molecule has 2 aromatic rings. The van der Waals surface area contributed by atoms with Gasteiger partial charge >= 0.3 is 0 Å². The molecular formula is C23H27N3O3. The van der Waals surface area contributed by atoms with E-state index in [-0.39, 0.29) is 18.4 Å². The van der Waals surface area contributed by atoms with Gasteiger partial charge < -0.3 is 20.3 Å². The molecule has 6 nitrogen and oxygen atoms in total. The van der Waals surface area contributed by atoms with Crippen molar-refractivity contribution in [1.82, 2.24) is 4.90 Å². The summed E-state index contributed by atoms with van der Waals surface area (Å²) in [4.78, 5) is 26.6. The van der Waals surface area contributed by atoms with Gasteiger partial charge in [0.15, 0.2) is 0 Å². The van der Waals surface area contributed by atoms with Crippen molar-refractivity contribution in [3.8, 4) is 5.75 Å². The lowest BCUT2D eigenvalue weighted by Gasteiger charge is -2.26. The Hall–Kier alpha value is -3.28. The SMILES string of the molecule is C=CCOc1ccc(NCC(=O)Nc2ccc(C(=O)N3CCCCC3)cc2)cc1. The van der Waals surface area contributed by atoms with E-state index in [4.69, 9.17) is 4.74 Å². The van der Waals surface area contributed by atoms with Crippen LogP contribution in [0.5, 0.6) is 5.75 Å². The van der Waals surface area contributed by atoms with Gasteiger partial charge in [0.2, 0.25) is 5.91 Å². The number of anilines is 2. The van der Waals surface area contributed by atoms with Gasteiger partial charge in [0, 0.05) is 30.0 Å². The van der Waals surface area contributed by atoms with Crippen LogP contribution in [0.4, 0.5) is 11.4 Å². The Morgan fingerprint density at radius 1 is 0.966 bits per heavy atom. The van der Waals surface area contributed by atoms with Crippen molar-refractivity contribution in [3.05, 3.63) is 66.7 Å². The summed E-state index contributed by atoms with van der Waals surface area (Å²) in [7, 11) is 0. The lowest BCUT2D eigenvalue weighted by Crippen LogP contribution is -2.35. The summed E-state index contributed by atoms with van der Waals surface area (Å²) < 4.78 is 5.43. The zero-order chi connectivity index (χ0) is 20.5. The van der Waals surface area contributed by atoms with Crippen LogP contribution in [-0.4, -0.2) is 43.0 Å². The Labute approximate surface area is 171 Å². The predicted octanol–water partition coefficient (Wildman–Crippen LogP) is 3.93. The zero-order valence-electron chi connectivity index (χ0n) is 16.5. The van der Waals surface area contributed by atoms with Crippen LogP contribution < -0.4 is 15.4 Å². The van der Waals surface area contributed by atoms with Gasteiger partial charge in [-0.05, 0) is 67.8 Å². The molecular weight excluding hydrogens is 366 g/mol. The number of hydrogen-bond acceptors (Lipinski definition) is 4. The maximum Gasteiger partial charge on any atom is 0.253 e. The normalized spacial score (nSPS) is 13.4. The fourth-order valence-electron chi connectivity index (χ4n) is 3.19. The third kappa shape index (κ3) is 6.10. The van der Waals surface area contributed by atoms with E-state index in [9.17, 15) is 9.59 Å². The summed E-state index contributed by atoms with van der Waals surface area (Å²) in [6.07, 6.45) is 5.01. The number of carbonyl (C=O) groups excluding carboxylic acids is 2. The molecule has 6 heteroatoms. The highest BCUT2D eigenvalue weighted by Gasteiger charge is 2.17. The van der Waals surface area contributed by atoms with Crippen molar-refractivity contribution in [2.24, 2.45) is 0 Å². The quantitative estimate of drug-likeness (QED) is 0.667. The number of nitrogens with zero attached hydrogens (tertiary/aromatic N) is 1. The molecule has 0 aliphatic carbocycles. The van der Waals surface area contributed by atoms with Crippen molar-refractivity contribution in [1.29, 1.82) is 0 Å². The van der Waals surface area contributed by atoms with E-state index < -0.39 is 0 Å². The van der Waals surface area contributed by atoms with Gasteiger partial charge in [-0.1, -0.05) is 12.7 Å². The first-order valence-corrected chi connectivity index (χ1v) is 9.92. The van der Waals surface area contributed by atoms with E-state index in [1.54, 1.807) is 30.3 Å². The molecule has 0 atom stereocenters. The first-order chi connectivity index (χ1) is 14.2. The number of nitrogens with one attached hydrogen (secondary N) is 2. The highest BCUT2D eigenvalue weighted by Crippen LogP contribution is 2.17. The average molecular weight is 393 g/mol. The summed E-state index contributed by atoms with van der Waals surface area (Å²) in [5.74, 6) is 0.649. The van der Waals surface area contributed by atoms with Crippen molar-refractivity contribution in [3.63, 3.8) is 0 Å². The van der Waals surface area contributed by atoms with Crippen LogP contribution in [0.3, 0.4) is 0 Å². The second-order valence-electron chi connectivity index (χ2n) is 6.96. The average Bonchev–Trinajstić information content (AvgIpc) is 2.77. The molecule has 0 saturated carbocycles. The van der Waals surface area contributed by atoms with E-state index in [0.29, 0.717) is 17.9 Å². The van der Waals surface area contributed by atoms with Gasteiger partial charge in [0.1, 0.15) is 12.4 Å². The number of likely N-dealkylation sites (tertiary alicyclic amines) is 1. The molecule has 0 spiro atoms. The topological polar surface area (TPSA) is 70.7 Å². The van der Waals surface area contributed by atoms with Crippen LogP contribution in [-0.2, 0) is 4.79 Å². The largest absolute Gasteiger partial charge is 0.490 e. The molecule has 1 aliphatic heterocycles. The zero-order valence-corrected chi connectivity index (χ0v) is 16.5. The van der Waals surface area contributed by atoms with E-state index in [1.165, 1.54) is 6.42 Å². The van der Waals surface area contributed by atoms with Crippen LogP contribution in [0.1, 0.15) is 29.6 Å². The van der Waals surface area contributed by atoms with Gasteiger partial charge in [-0.3, -0.25) is 9.59 Å². The molecule has 1 fully saturated rings. The molecule has 1 heterocycles. The van der Waals surface area contributed by atoms with Crippen LogP contribution in [0.15, 0.2) is 61.2 Å². The maximum atomic E-state index is 12.5. The monoisotopic (exact) mass is 393 g/mol. The summed E-state index contributed by atoms with van der Waals surface area (Å²) in [5.41, 5.74) is 2.15. The Morgan fingerprint density at radius 3 is 2.28 bits per heavy atom. The van der Waals surface area contributed by atoms with Crippen molar-refractivity contribution in [2.75, 3.05) is 36.9 Å². The van der Waals surface area contributed by atoms with Crippen molar-refractivity contribution < 1.29 is 14.3 Å². The molecule has 2 N–H and O–H groups in total. The van der Waals surface area contributed by atoms with E-state index in [2.05, 4.69) is 17.2 Å². The number of carbonyl (C=O) groups is 2. The van der Waals surface area contributed by atoms with Crippen LogP contribution in [0.2, 0.25) is 0 Å². The van der Waals surface area contributed by atoms with Gasteiger partial charge in [0.05, 0.1) is 6.54 Å². The third-order valence-corrected chi connectivity index (χ3v) is 4.73. The standard InChI is InChI=1S/C23H27N3O3/c1-2-16-29-21-12-10-19(11-13-21)24-17-22(27)25-20-8-6-18(7-9-20)23(28)26-14-4-3-5-15-26/h2,6-13,24H,1,3-5,14-17H2,(H,25,27). The first kappa shape index (κ1) is 20.5. The number of benzene rings is 2. The summed E-state index contributed by atoms with van der Waals surface area (Å²) >= 11 is 0. The molecule has 29 heavy (non-hydrogen) atoms. The minimum Gasteiger partial charge on any atom is -0.490 e. The summed E-state index contributed by atoms with van der Waals surface area (Å²) in [6.45, 7) is 5.85. The fraction of sp³-hybridized carbons (Fsp3) is 0.304. The highest BCUT2D eigenvalue weighted by molar-refractivity contribution is 5.96. The van der Waals surface area contributed by atoms with Crippen LogP contribution in [0, 0.1) is 0 Å². The molecule has 0 radical (unpaired) electrons. The molecule has 0 aromatic heterocycles. The van der Waals surface area contributed by atoms with Gasteiger partial charge in [0.25, 0.3) is 5.91 Å². The van der Waals surface area contributed by atoms with Crippen LogP contribution in [0.25, 0.3) is 0 Å². The Kier molecular flexibility index (Phi) is 7.28. The maximum absolute atomic E-state index is 12.5. The van der Waals surface area contributed by atoms with E-state index in [1.807, 2.05) is 29.2 Å². The molecule has 152 valence electrons. The number of amides is 2. The van der Waals surface area contributed by atoms with Gasteiger partial charge in [-0.15, -0.1) is 0 Å². The Balaban J connectivity index is 1.46.